The van der Waals surface area contributed by atoms with Crippen LogP contribution in [0.3, 0.4) is 0 Å². The maximum atomic E-state index is 6.68. The maximum Gasteiger partial charge on any atom is 0.0831 e. The van der Waals surface area contributed by atoms with Crippen molar-refractivity contribution >= 4 is 0 Å². The molecule has 21 heavy (non-hydrogen) atoms. The molecule has 1 aromatic carbocycles. The van der Waals surface area contributed by atoms with E-state index in [0.717, 1.165) is 24.2 Å². The van der Waals surface area contributed by atoms with Crippen LogP contribution in [0.5, 0.6) is 0 Å². The lowest BCUT2D eigenvalue weighted by molar-refractivity contribution is 0.120. The molecule has 1 aliphatic carbocycles. The first kappa shape index (κ1) is 14.2. The molecule has 5 heteroatoms. The molecule has 1 atom stereocenters. The number of hydrogen-bond acceptors (Lipinski definition) is 4. The molecule has 2 N–H and O–H groups in total. The normalized spacial score (nSPS) is 19.0. The number of benzene rings is 1. The third-order valence-electron chi connectivity index (χ3n) is 4.83. The molecule has 1 fully saturated rings. The van der Waals surface area contributed by atoms with Crippen LogP contribution in [0, 0.1) is 0 Å². The third-order valence-corrected chi connectivity index (χ3v) is 4.83. The van der Waals surface area contributed by atoms with Crippen molar-refractivity contribution in [3.63, 3.8) is 0 Å². The van der Waals surface area contributed by atoms with Gasteiger partial charge in [0.25, 0.3) is 0 Å². The SMILES string of the molecule is CN(C)C1(C(N)c2cnnn2-c2ccccc2)CCCC1. The molecule has 0 spiro atoms. The number of aromatic nitrogens is 3. The van der Waals surface area contributed by atoms with E-state index in [1.54, 1.807) is 6.20 Å². The molecule has 0 bridgehead atoms. The van der Waals surface area contributed by atoms with Crippen molar-refractivity contribution in [1.82, 2.24) is 19.9 Å². The molecule has 1 heterocycles. The Hall–Kier alpha value is -1.72. The molecule has 0 radical (unpaired) electrons. The fraction of sp³-hybridized carbons (Fsp3) is 0.500. The van der Waals surface area contributed by atoms with Gasteiger partial charge in [0.15, 0.2) is 0 Å². The van der Waals surface area contributed by atoms with Gasteiger partial charge in [0.05, 0.1) is 23.6 Å². The summed E-state index contributed by atoms with van der Waals surface area (Å²) in [5.74, 6) is 0. The number of likely N-dealkylation sites (N-methyl/N-ethyl adjacent to an activating group) is 1. The van der Waals surface area contributed by atoms with E-state index in [9.17, 15) is 0 Å². The molecule has 1 aromatic heterocycles. The van der Waals surface area contributed by atoms with E-state index < -0.39 is 0 Å². The first-order valence-electron chi connectivity index (χ1n) is 7.54. The summed E-state index contributed by atoms with van der Waals surface area (Å²) in [6, 6.07) is 9.97. The third kappa shape index (κ3) is 2.36. The summed E-state index contributed by atoms with van der Waals surface area (Å²) in [7, 11) is 4.25. The van der Waals surface area contributed by atoms with E-state index in [-0.39, 0.29) is 11.6 Å². The highest BCUT2D eigenvalue weighted by atomic mass is 15.4. The molecule has 0 saturated heterocycles. The summed E-state index contributed by atoms with van der Waals surface area (Å²) in [5, 5.41) is 8.33. The average Bonchev–Trinajstić information content (AvgIpc) is 3.17. The van der Waals surface area contributed by atoms with Crippen LogP contribution in [-0.2, 0) is 0 Å². The van der Waals surface area contributed by atoms with Crippen LogP contribution in [0.4, 0.5) is 0 Å². The van der Waals surface area contributed by atoms with Gasteiger partial charge in [-0.15, -0.1) is 5.10 Å². The van der Waals surface area contributed by atoms with E-state index in [1.807, 2.05) is 35.0 Å². The molecular weight excluding hydrogens is 262 g/mol. The molecule has 1 saturated carbocycles. The van der Waals surface area contributed by atoms with Gasteiger partial charge < -0.3 is 10.6 Å². The molecule has 3 rings (SSSR count). The van der Waals surface area contributed by atoms with Crippen LogP contribution in [0.1, 0.15) is 37.4 Å². The predicted molar refractivity (Wildman–Crippen MR) is 83.2 cm³/mol. The van der Waals surface area contributed by atoms with Crippen molar-refractivity contribution in [3.8, 4) is 5.69 Å². The van der Waals surface area contributed by atoms with Gasteiger partial charge in [-0.3, -0.25) is 0 Å². The highest BCUT2D eigenvalue weighted by molar-refractivity contribution is 5.33. The molecule has 112 valence electrons. The standard InChI is InChI=1S/C16H23N5/c1-20(2)16(10-6-7-11-16)15(17)14-12-18-19-21(14)13-8-4-3-5-9-13/h3-5,8-9,12,15H,6-7,10-11,17H2,1-2H3. The van der Waals surface area contributed by atoms with Gasteiger partial charge in [0.2, 0.25) is 0 Å². The molecule has 1 unspecified atom stereocenters. The fourth-order valence-corrected chi connectivity index (χ4v) is 3.52. The average molecular weight is 285 g/mol. The molecule has 2 aromatic rings. The number of para-hydroxylation sites is 1. The Labute approximate surface area is 125 Å². The lowest BCUT2D eigenvalue weighted by atomic mass is 9.85. The van der Waals surface area contributed by atoms with Gasteiger partial charge in [-0.05, 0) is 39.1 Å². The highest BCUT2D eigenvalue weighted by Crippen LogP contribution is 2.42. The summed E-state index contributed by atoms with van der Waals surface area (Å²) in [5.41, 5.74) is 8.67. The van der Waals surface area contributed by atoms with Crippen molar-refractivity contribution in [2.24, 2.45) is 5.73 Å². The predicted octanol–water partition coefficient (Wildman–Crippen LogP) is 2.14. The highest BCUT2D eigenvalue weighted by Gasteiger charge is 2.43. The van der Waals surface area contributed by atoms with Gasteiger partial charge >= 0.3 is 0 Å². The second kappa shape index (κ2) is 5.58. The summed E-state index contributed by atoms with van der Waals surface area (Å²) in [4.78, 5) is 2.28. The monoisotopic (exact) mass is 285 g/mol. The Morgan fingerprint density at radius 1 is 1.19 bits per heavy atom. The fourth-order valence-electron chi connectivity index (χ4n) is 3.52. The van der Waals surface area contributed by atoms with E-state index >= 15 is 0 Å². The molecular formula is C16H23N5. The van der Waals surface area contributed by atoms with Crippen LogP contribution in [-0.4, -0.2) is 39.5 Å². The van der Waals surface area contributed by atoms with E-state index in [1.165, 1.54) is 12.8 Å². The number of nitrogens with zero attached hydrogens (tertiary/aromatic N) is 4. The Morgan fingerprint density at radius 3 is 2.48 bits per heavy atom. The van der Waals surface area contributed by atoms with Gasteiger partial charge in [0, 0.05) is 5.54 Å². The summed E-state index contributed by atoms with van der Waals surface area (Å²) in [6.45, 7) is 0. The second-order valence-electron chi connectivity index (χ2n) is 6.09. The van der Waals surface area contributed by atoms with E-state index in [4.69, 9.17) is 5.73 Å². The Kier molecular flexibility index (Phi) is 3.78. The quantitative estimate of drug-likeness (QED) is 0.935. The van der Waals surface area contributed by atoms with Gasteiger partial charge in [0.1, 0.15) is 0 Å². The number of nitrogens with two attached hydrogens (primary N) is 1. The Morgan fingerprint density at radius 2 is 1.86 bits per heavy atom. The lowest BCUT2D eigenvalue weighted by Crippen LogP contribution is -2.50. The maximum absolute atomic E-state index is 6.68. The lowest BCUT2D eigenvalue weighted by Gasteiger charge is -2.41. The first-order valence-corrected chi connectivity index (χ1v) is 7.54. The minimum Gasteiger partial charge on any atom is -0.321 e. The number of hydrogen-bond donors (Lipinski definition) is 1. The van der Waals surface area contributed by atoms with Crippen molar-refractivity contribution < 1.29 is 0 Å². The first-order chi connectivity index (χ1) is 10.1. The van der Waals surface area contributed by atoms with Crippen molar-refractivity contribution in [2.75, 3.05) is 14.1 Å². The van der Waals surface area contributed by atoms with E-state index in [2.05, 4.69) is 29.3 Å². The largest absolute Gasteiger partial charge is 0.321 e. The van der Waals surface area contributed by atoms with Crippen molar-refractivity contribution in [2.45, 2.75) is 37.3 Å². The second-order valence-corrected chi connectivity index (χ2v) is 6.09. The van der Waals surface area contributed by atoms with Crippen molar-refractivity contribution in [3.05, 3.63) is 42.2 Å². The van der Waals surface area contributed by atoms with Crippen LogP contribution >= 0.6 is 0 Å². The Balaban J connectivity index is 1.99. The Bertz CT molecular complexity index is 584. The molecule has 0 aliphatic heterocycles. The van der Waals surface area contributed by atoms with Gasteiger partial charge in [-0.2, -0.15) is 0 Å². The summed E-state index contributed by atoms with van der Waals surface area (Å²) >= 11 is 0. The van der Waals surface area contributed by atoms with Crippen LogP contribution in [0.25, 0.3) is 5.69 Å². The smallest absolute Gasteiger partial charge is 0.0831 e. The minimum absolute atomic E-state index is 0.00818. The van der Waals surface area contributed by atoms with Crippen LogP contribution in [0.15, 0.2) is 36.5 Å². The van der Waals surface area contributed by atoms with Crippen molar-refractivity contribution in [1.29, 1.82) is 0 Å². The minimum atomic E-state index is -0.0924. The molecule has 1 aliphatic rings. The van der Waals surface area contributed by atoms with Gasteiger partial charge in [-0.1, -0.05) is 36.3 Å². The van der Waals surface area contributed by atoms with E-state index in [0.29, 0.717) is 0 Å². The zero-order valence-electron chi connectivity index (χ0n) is 12.7. The summed E-state index contributed by atoms with van der Waals surface area (Å²) in [6.07, 6.45) is 6.53. The summed E-state index contributed by atoms with van der Waals surface area (Å²) < 4.78 is 1.87. The number of rotatable bonds is 4. The van der Waals surface area contributed by atoms with Gasteiger partial charge in [-0.25, -0.2) is 4.68 Å². The molecule has 0 amide bonds. The van der Waals surface area contributed by atoms with Crippen LogP contribution in [0.2, 0.25) is 0 Å². The zero-order chi connectivity index (χ0) is 14.9. The molecule has 5 nitrogen and oxygen atoms in total. The van der Waals surface area contributed by atoms with Crippen LogP contribution < -0.4 is 5.73 Å². The zero-order valence-corrected chi connectivity index (χ0v) is 12.7. The topological polar surface area (TPSA) is 60.0 Å².